The molecule has 0 heterocycles. The summed E-state index contributed by atoms with van der Waals surface area (Å²) in [6.45, 7) is 5.49. The second-order valence-electron chi connectivity index (χ2n) is 7.70. The fraction of sp³-hybridized carbons (Fsp3) is 0.360. The maximum Gasteiger partial charge on any atom is 0.333 e. The van der Waals surface area contributed by atoms with Crippen molar-refractivity contribution < 1.29 is 19.1 Å². The van der Waals surface area contributed by atoms with Crippen molar-refractivity contribution in [2.24, 2.45) is 0 Å². The molecule has 1 fully saturated rings. The lowest BCUT2D eigenvalue weighted by molar-refractivity contribution is -0.139. The number of anilines is 1. The highest BCUT2D eigenvalue weighted by molar-refractivity contribution is 6.04. The average molecular weight is 408 g/mol. The second kappa shape index (κ2) is 10.6. The highest BCUT2D eigenvalue weighted by Gasteiger charge is 2.15. The number of esters is 1. The SMILES string of the molecule is C=C(C)C(=O)OCCOc1ccc(C(=O)Nc2ccc(C3CCCCC3)cc2)cc1. The summed E-state index contributed by atoms with van der Waals surface area (Å²) in [6, 6.07) is 15.1. The highest BCUT2D eigenvalue weighted by Crippen LogP contribution is 2.33. The monoisotopic (exact) mass is 407 g/mol. The van der Waals surface area contributed by atoms with E-state index in [1.807, 2.05) is 12.1 Å². The van der Waals surface area contributed by atoms with Crippen LogP contribution in [0.5, 0.6) is 5.75 Å². The summed E-state index contributed by atoms with van der Waals surface area (Å²) in [4.78, 5) is 23.8. The Kier molecular flexibility index (Phi) is 7.66. The molecule has 2 aromatic rings. The molecule has 1 N–H and O–H groups in total. The molecule has 3 rings (SSSR count). The molecule has 1 aliphatic rings. The van der Waals surface area contributed by atoms with Crippen molar-refractivity contribution in [2.75, 3.05) is 18.5 Å². The molecule has 158 valence electrons. The van der Waals surface area contributed by atoms with Crippen LogP contribution in [0.1, 0.15) is 60.9 Å². The van der Waals surface area contributed by atoms with Gasteiger partial charge in [0.1, 0.15) is 19.0 Å². The van der Waals surface area contributed by atoms with Crippen molar-refractivity contribution >= 4 is 17.6 Å². The third kappa shape index (κ3) is 6.21. The Morgan fingerprint density at radius 3 is 2.27 bits per heavy atom. The van der Waals surface area contributed by atoms with Crippen LogP contribution in [0.25, 0.3) is 0 Å². The highest BCUT2D eigenvalue weighted by atomic mass is 16.6. The number of nitrogens with one attached hydrogen (secondary N) is 1. The van der Waals surface area contributed by atoms with Crippen LogP contribution in [0.2, 0.25) is 0 Å². The fourth-order valence-electron chi connectivity index (χ4n) is 3.60. The summed E-state index contributed by atoms with van der Waals surface area (Å²) in [5.41, 5.74) is 3.06. The van der Waals surface area contributed by atoms with E-state index in [0.29, 0.717) is 22.8 Å². The summed E-state index contributed by atoms with van der Waals surface area (Å²) in [5, 5.41) is 2.94. The first-order valence-electron chi connectivity index (χ1n) is 10.5. The van der Waals surface area contributed by atoms with Crippen molar-refractivity contribution in [1.82, 2.24) is 0 Å². The zero-order valence-corrected chi connectivity index (χ0v) is 17.5. The van der Waals surface area contributed by atoms with E-state index in [1.54, 1.807) is 31.2 Å². The topological polar surface area (TPSA) is 64.6 Å². The molecular formula is C25H29NO4. The third-order valence-electron chi connectivity index (χ3n) is 5.30. The van der Waals surface area contributed by atoms with Gasteiger partial charge in [0.25, 0.3) is 5.91 Å². The lowest BCUT2D eigenvalue weighted by Crippen LogP contribution is -2.13. The first kappa shape index (κ1) is 21.6. The molecule has 0 aromatic heterocycles. The minimum atomic E-state index is -0.433. The molecule has 1 saturated carbocycles. The Morgan fingerprint density at radius 1 is 0.967 bits per heavy atom. The normalized spacial score (nSPS) is 14.0. The first-order valence-corrected chi connectivity index (χ1v) is 10.5. The van der Waals surface area contributed by atoms with Gasteiger partial charge in [0.05, 0.1) is 0 Å². The van der Waals surface area contributed by atoms with Gasteiger partial charge in [0.2, 0.25) is 0 Å². The lowest BCUT2D eigenvalue weighted by Gasteiger charge is -2.22. The zero-order valence-electron chi connectivity index (χ0n) is 17.5. The number of carbonyl (C=O) groups is 2. The number of amides is 1. The van der Waals surface area contributed by atoms with Gasteiger partial charge in [-0.1, -0.05) is 38.0 Å². The molecule has 1 amide bonds. The van der Waals surface area contributed by atoms with Gasteiger partial charge in [-0.25, -0.2) is 4.79 Å². The number of benzene rings is 2. The van der Waals surface area contributed by atoms with Crippen molar-refractivity contribution in [3.8, 4) is 5.75 Å². The van der Waals surface area contributed by atoms with E-state index < -0.39 is 5.97 Å². The van der Waals surface area contributed by atoms with E-state index in [1.165, 1.54) is 37.7 Å². The van der Waals surface area contributed by atoms with Gasteiger partial charge in [0.15, 0.2) is 0 Å². The van der Waals surface area contributed by atoms with Gasteiger partial charge < -0.3 is 14.8 Å². The minimum absolute atomic E-state index is 0.144. The van der Waals surface area contributed by atoms with Crippen LogP contribution in [0, 0.1) is 0 Å². The Bertz CT molecular complexity index is 865. The summed E-state index contributed by atoms with van der Waals surface area (Å²) in [7, 11) is 0. The average Bonchev–Trinajstić information content (AvgIpc) is 2.78. The molecule has 30 heavy (non-hydrogen) atoms. The Hall–Kier alpha value is -3.08. The standard InChI is InChI=1S/C25H29NO4/c1-18(2)25(28)30-17-16-29-23-14-10-21(11-15-23)24(27)26-22-12-8-20(9-13-22)19-6-4-3-5-7-19/h8-15,19H,1,3-7,16-17H2,2H3,(H,26,27). The van der Waals surface area contributed by atoms with E-state index >= 15 is 0 Å². The summed E-state index contributed by atoms with van der Waals surface area (Å²) in [5.74, 6) is 0.662. The van der Waals surface area contributed by atoms with Crippen LogP contribution in [0.3, 0.4) is 0 Å². The van der Waals surface area contributed by atoms with E-state index in [4.69, 9.17) is 9.47 Å². The van der Waals surface area contributed by atoms with Crippen molar-refractivity contribution in [3.63, 3.8) is 0 Å². The lowest BCUT2D eigenvalue weighted by atomic mass is 9.84. The number of hydrogen-bond acceptors (Lipinski definition) is 4. The van der Waals surface area contributed by atoms with Gasteiger partial charge in [-0.3, -0.25) is 4.79 Å². The van der Waals surface area contributed by atoms with Crippen LogP contribution in [0.4, 0.5) is 5.69 Å². The quantitative estimate of drug-likeness (QED) is 0.357. The van der Waals surface area contributed by atoms with Crippen LogP contribution < -0.4 is 10.1 Å². The van der Waals surface area contributed by atoms with Gasteiger partial charge in [-0.05, 0) is 67.6 Å². The molecule has 5 nitrogen and oxygen atoms in total. The number of ether oxygens (including phenoxy) is 2. The second-order valence-corrected chi connectivity index (χ2v) is 7.70. The van der Waals surface area contributed by atoms with E-state index in [9.17, 15) is 9.59 Å². The van der Waals surface area contributed by atoms with Gasteiger partial charge >= 0.3 is 5.97 Å². The maximum absolute atomic E-state index is 12.5. The molecule has 0 bridgehead atoms. The number of rotatable bonds is 8. The molecule has 0 spiro atoms. The van der Waals surface area contributed by atoms with E-state index in [0.717, 1.165) is 5.69 Å². The van der Waals surface area contributed by atoms with Crippen molar-refractivity contribution in [1.29, 1.82) is 0 Å². The molecular weight excluding hydrogens is 378 g/mol. The molecule has 1 aliphatic carbocycles. The van der Waals surface area contributed by atoms with E-state index in [-0.39, 0.29) is 19.1 Å². The Labute approximate surface area is 178 Å². The predicted octanol–water partition coefficient (Wildman–Crippen LogP) is 5.48. The minimum Gasteiger partial charge on any atom is -0.490 e. The van der Waals surface area contributed by atoms with Crippen LogP contribution in [0.15, 0.2) is 60.7 Å². The summed E-state index contributed by atoms with van der Waals surface area (Å²) < 4.78 is 10.5. The Morgan fingerprint density at radius 2 is 1.63 bits per heavy atom. The molecule has 0 radical (unpaired) electrons. The van der Waals surface area contributed by atoms with Gasteiger partial charge in [-0.2, -0.15) is 0 Å². The van der Waals surface area contributed by atoms with Crippen LogP contribution in [-0.2, 0) is 9.53 Å². The van der Waals surface area contributed by atoms with Crippen molar-refractivity contribution in [2.45, 2.75) is 44.9 Å². The molecule has 0 aliphatic heterocycles. The maximum atomic E-state index is 12.5. The molecule has 0 atom stereocenters. The first-order chi connectivity index (χ1) is 14.5. The zero-order chi connectivity index (χ0) is 21.3. The largest absolute Gasteiger partial charge is 0.490 e. The molecule has 0 saturated heterocycles. The third-order valence-corrected chi connectivity index (χ3v) is 5.30. The Balaban J connectivity index is 1.47. The molecule has 2 aromatic carbocycles. The number of hydrogen-bond donors (Lipinski definition) is 1. The van der Waals surface area contributed by atoms with Crippen molar-refractivity contribution in [3.05, 3.63) is 71.8 Å². The predicted molar refractivity (Wildman–Crippen MR) is 118 cm³/mol. The van der Waals surface area contributed by atoms with Crippen LogP contribution in [-0.4, -0.2) is 25.1 Å². The van der Waals surface area contributed by atoms with Crippen LogP contribution >= 0.6 is 0 Å². The van der Waals surface area contributed by atoms with Gasteiger partial charge in [0, 0.05) is 16.8 Å². The van der Waals surface area contributed by atoms with E-state index in [2.05, 4.69) is 24.0 Å². The summed E-state index contributed by atoms with van der Waals surface area (Å²) >= 11 is 0. The molecule has 5 heteroatoms. The number of carbonyl (C=O) groups excluding carboxylic acids is 2. The summed E-state index contributed by atoms with van der Waals surface area (Å²) in [6.07, 6.45) is 6.48. The fourth-order valence-corrected chi connectivity index (χ4v) is 3.60. The molecule has 0 unspecified atom stereocenters. The smallest absolute Gasteiger partial charge is 0.333 e. The van der Waals surface area contributed by atoms with Gasteiger partial charge in [-0.15, -0.1) is 0 Å².